The molecule has 0 aromatic heterocycles. The van der Waals surface area contributed by atoms with Gasteiger partial charge >= 0.3 is 5.97 Å². The largest absolute Gasteiger partial charge is 0.504 e. The molecule has 11 nitrogen and oxygen atoms in total. The summed E-state index contributed by atoms with van der Waals surface area (Å²) < 4.78 is 19.8. The van der Waals surface area contributed by atoms with Crippen molar-refractivity contribution in [1.29, 1.82) is 0 Å². The molecule has 258 valence electrons. The predicted molar refractivity (Wildman–Crippen MR) is 180 cm³/mol. The highest BCUT2D eigenvalue weighted by Crippen LogP contribution is 2.65. The number of halogens is 3. The quantitative estimate of drug-likeness (QED) is 0.202. The summed E-state index contributed by atoms with van der Waals surface area (Å²) in [6.45, 7) is -0.292. The topological polar surface area (TPSA) is 154 Å². The molecular weight excluding hydrogens is 737 g/mol. The van der Waals surface area contributed by atoms with Crippen LogP contribution in [0.25, 0.3) is 0 Å². The molecule has 3 fully saturated rings. The second-order valence-electron chi connectivity index (χ2n) is 12.9. The van der Waals surface area contributed by atoms with Crippen LogP contribution < -0.4 is 10.2 Å². The lowest BCUT2D eigenvalue weighted by molar-refractivity contribution is -0.143. The van der Waals surface area contributed by atoms with Gasteiger partial charge < -0.3 is 14.9 Å². The van der Waals surface area contributed by atoms with E-state index in [1.54, 1.807) is 36.4 Å². The number of aliphatic carboxylic acids is 1. The lowest BCUT2D eigenvalue weighted by atomic mass is 9.49. The normalized spacial score (nSPS) is 27.1. The van der Waals surface area contributed by atoms with Gasteiger partial charge in [-0.2, -0.15) is 5.01 Å². The van der Waals surface area contributed by atoms with Crippen molar-refractivity contribution in [1.82, 2.24) is 9.91 Å². The van der Waals surface area contributed by atoms with E-state index in [4.69, 9.17) is 16.3 Å². The number of carboxylic acid groups (broad SMARTS) is 1. The van der Waals surface area contributed by atoms with Crippen molar-refractivity contribution in [2.45, 2.75) is 30.6 Å². The second-order valence-corrected chi connectivity index (χ2v) is 14.2. The van der Waals surface area contributed by atoms with E-state index in [1.807, 2.05) is 6.08 Å². The predicted octanol–water partition coefficient (Wildman–Crippen LogP) is 5.42. The Kier molecular flexibility index (Phi) is 8.46. The standard InChI is InChI=1S/C36H30BrClFN3O8/c1-50-27-15-18(37)14-25(31(27)45)30-22-10-11-23-29(34(48)41(32(23)46)13-12-28(43)44)24(22)16-26-33(47)42(40-21-8-6-20(39)7-9-21)35(49)36(26,30)17-2-4-19(38)5-3-17/h2-10,14-15,23-24,26,29-30,40,45H,11-13,16H2,1H3,(H,43,44). The van der Waals surface area contributed by atoms with Gasteiger partial charge in [0, 0.05) is 27.5 Å². The van der Waals surface area contributed by atoms with E-state index in [0.717, 1.165) is 9.91 Å². The summed E-state index contributed by atoms with van der Waals surface area (Å²) in [6.07, 6.45) is 1.50. The molecule has 4 amide bonds. The molecule has 4 aliphatic rings. The summed E-state index contributed by atoms with van der Waals surface area (Å²) in [5.41, 5.74) is 2.68. The van der Waals surface area contributed by atoms with Crippen molar-refractivity contribution in [2.24, 2.45) is 23.7 Å². The number of nitrogens with zero attached hydrogens (tertiary/aromatic N) is 2. The van der Waals surface area contributed by atoms with Gasteiger partial charge in [0.25, 0.3) is 11.8 Å². The molecule has 0 radical (unpaired) electrons. The van der Waals surface area contributed by atoms with E-state index < -0.39 is 76.8 Å². The Balaban J connectivity index is 1.46. The summed E-state index contributed by atoms with van der Waals surface area (Å²) in [7, 11) is 1.38. The lowest BCUT2D eigenvalue weighted by Crippen LogP contribution is -2.53. The average molecular weight is 767 g/mol. The number of anilines is 1. The second kappa shape index (κ2) is 12.5. The third kappa shape index (κ3) is 5.08. The number of allylic oxidation sites excluding steroid dienone is 2. The number of hydrogen-bond acceptors (Lipinski definition) is 8. The van der Waals surface area contributed by atoms with Crippen molar-refractivity contribution in [3.05, 3.63) is 98.8 Å². The maximum atomic E-state index is 15.2. The first-order valence-corrected chi connectivity index (χ1v) is 17.1. The van der Waals surface area contributed by atoms with Crippen LogP contribution >= 0.6 is 27.5 Å². The van der Waals surface area contributed by atoms with E-state index in [9.17, 15) is 33.8 Å². The highest BCUT2D eigenvalue weighted by molar-refractivity contribution is 9.10. The summed E-state index contributed by atoms with van der Waals surface area (Å²) in [5, 5.41) is 22.3. The molecular formula is C36H30BrClFN3O8. The Morgan fingerprint density at radius 3 is 2.40 bits per heavy atom. The number of benzene rings is 3. The number of likely N-dealkylation sites (tertiary alicyclic amines) is 1. The van der Waals surface area contributed by atoms with Gasteiger partial charge in [0.05, 0.1) is 42.4 Å². The van der Waals surface area contributed by atoms with Crippen LogP contribution in [0.5, 0.6) is 11.5 Å². The minimum Gasteiger partial charge on any atom is -0.504 e. The number of phenols is 1. The van der Waals surface area contributed by atoms with Crippen LogP contribution in [0.4, 0.5) is 10.1 Å². The summed E-state index contributed by atoms with van der Waals surface area (Å²) in [5.74, 6) is -8.80. The number of carbonyl (C=O) groups excluding carboxylic acids is 4. The first-order chi connectivity index (χ1) is 23.9. The number of fused-ring (bicyclic) bond motifs is 4. The molecule has 2 aliphatic heterocycles. The molecule has 3 aromatic rings. The van der Waals surface area contributed by atoms with Crippen LogP contribution in [0.2, 0.25) is 5.02 Å². The first-order valence-electron chi connectivity index (χ1n) is 15.9. The molecule has 6 atom stereocenters. The summed E-state index contributed by atoms with van der Waals surface area (Å²) >= 11 is 9.81. The molecule has 14 heteroatoms. The maximum absolute atomic E-state index is 15.2. The molecule has 2 aliphatic carbocycles. The SMILES string of the molecule is COc1cc(Br)cc(C2C3=CCC4C(=O)N(CCC(=O)O)C(=O)C4C3CC3C(=O)N(Nc4ccc(F)cc4)C(=O)C32c2ccc(Cl)cc2)c1O. The van der Waals surface area contributed by atoms with Crippen LogP contribution in [-0.4, -0.2) is 63.4 Å². The molecule has 2 saturated heterocycles. The number of hydrazine groups is 1. The fraction of sp³-hybridized carbons (Fsp3) is 0.306. The maximum Gasteiger partial charge on any atom is 0.305 e. The molecule has 6 unspecified atom stereocenters. The molecule has 0 bridgehead atoms. The number of aromatic hydroxyl groups is 1. The highest BCUT2D eigenvalue weighted by atomic mass is 79.9. The van der Waals surface area contributed by atoms with Crippen molar-refractivity contribution < 1.29 is 43.3 Å². The number of carbonyl (C=O) groups is 5. The zero-order chi connectivity index (χ0) is 35.6. The van der Waals surface area contributed by atoms with Crippen molar-refractivity contribution >= 4 is 62.8 Å². The number of phenolic OH excluding ortho intramolecular Hbond substituents is 1. The minimum atomic E-state index is -1.71. The van der Waals surface area contributed by atoms with Gasteiger partial charge in [0.1, 0.15) is 5.82 Å². The third-order valence-electron chi connectivity index (χ3n) is 10.5. The summed E-state index contributed by atoms with van der Waals surface area (Å²) in [6, 6.07) is 14.9. The molecule has 1 saturated carbocycles. The molecule has 50 heavy (non-hydrogen) atoms. The van der Waals surface area contributed by atoms with Gasteiger partial charge in [0.15, 0.2) is 11.5 Å². The number of ether oxygens (including phenoxy) is 1. The van der Waals surface area contributed by atoms with Crippen LogP contribution in [-0.2, 0) is 29.4 Å². The third-order valence-corrected chi connectivity index (χ3v) is 11.2. The van der Waals surface area contributed by atoms with Gasteiger partial charge in [-0.05, 0) is 72.9 Å². The number of imide groups is 2. The molecule has 3 N–H and O–H groups in total. The Labute approximate surface area is 298 Å². The number of hydrogen-bond donors (Lipinski definition) is 3. The Morgan fingerprint density at radius 2 is 1.74 bits per heavy atom. The van der Waals surface area contributed by atoms with Gasteiger partial charge in [-0.3, -0.25) is 34.3 Å². The lowest BCUT2D eigenvalue weighted by Gasteiger charge is -2.50. The van der Waals surface area contributed by atoms with Crippen LogP contribution in [0.15, 0.2) is 76.8 Å². The fourth-order valence-corrected chi connectivity index (χ4v) is 9.04. The number of methoxy groups -OCH3 is 1. The van der Waals surface area contributed by atoms with Gasteiger partial charge in [-0.25, -0.2) is 4.39 Å². The number of amides is 4. The van der Waals surface area contributed by atoms with Crippen LogP contribution in [0.1, 0.15) is 36.3 Å². The number of nitrogens with one attached hydrogen (secondary N) is 1. The summed E-state index contributed by atoms with van der Waals surface area (Å²) in [4.78, 5) is 69.8. The fourth-order valence-electron chi connectivity index (χ4n) is 8.46. The van der Waals surface area contributed by atoms with E-state index >= 15 is 4.79 Å². The van der Waals surface area contributed by atoms with E-state index in [2.05, 4.69) is 21.4 Å². The van der Waals surface area contributed by atoms with E-state index in [1.165, 1.54) is 31.4 Å². The average Bonchev–Trinajstić information content (AvgIpc) is 3.46. The Morgan fingerprint density at radius 1 is 1.04 bits per heavy atom. The van der Waals surface area contributed by atoms with Crippen molar-refractivity contribution in [2.75, 3.05) is 19.1 Å². The smallest absolute Gasteiger partial charge is 0.305 e. The Hall–Kier alpha value is -4.75. The molecule has 3 aromatic carbocycles. The van der Waals surface area contributed by atoms with Gasteiger partial charge in [-0.15, -0.1) is 0 Å². The van der Waals surface area contributed by atoms with Crippen molar-refractivity contribution in [3.8, 4) is 11.5 Å². The number of rotatable bonds is 8. The minimum absolute atomic E-state index is 0.0179. The van der Waals surface area contributed by atoms with Crippen LogP contribution in [0.3, 0.4) is 0 Å². The monoisotopic (exact) mass is 765 g/mol. The van der Waals surface area contributed by atoms with Crippen molar-refractivity contribution in [3.63, 3.8) is 0 Å². The molecule has 0 spiro atoms. The van der Waals surface area contributed by atoms with Gasteiger partial charge in [0.2, 0.25) is 11.8 Å². The van der Waals surface area contributed by atoms with E-state index in [-0.39, 0.29) is 42.1 Å². The van der Waals surface area contributed by atoms with Crippen LogP contribution in [0, 0.1) is 29.5 Å². The molecule has 2 heterocycles. The van der Waals surface area contributed by atoms with Gasteiger partial charge in [-0.1, -0.05) is 51.3 Å². The first kappa shape index (κ1) is 33.7. The molecule has 7 rings (SSSR count). The Bertz CT molecular complexity index is 1990. The highest BCUT2D eigenvalue weighted by Gasteiger charge is 2.70. The van der Waals surface area contributed by atoms with E-state index in [0.29, 0.717) is 20.6 Å². The zero-order valence-corrected chi connectivity index (χ0v) is 28.8. The number of carboxylic acids is 1. The zero-order valence-electron chi connectivity index (χ0n) is 26.4.